The molecule has 0 aromatic carbocycles. The van der Waals surface area contributed by atoms with Crippen molar-refractivity contribution in [3.05, 3.63) is 0 Å². The van der Waals surface area contributed by atoms with Gasteiger partial charge in [0.2, 0.25) is 0 Å². The van der Waals surface area contributed by atoms with Gasteiger partial charge in [0.1, 0.15) is 0 Å². The van der Waals surface area contributed by atoms with Gasteiger partial charge in [0.05, 0.1) is 0 Å². The van der Waals surface area contributed by atoms with Crippen molar-refractivity contribution in [1.82, 2.24) is 0 Å². The Kier molecular flexibility index (Phi) is 15.3. The summed E-state index contributed by atoms with van der Waals surface area (Å²) in [4.78, 5) is 0. The van der Waals surface area contributed by atoms with E-state index in [0.29, 0.717) is 6.61 Å². The zero-order valence-electron chi connectivity index (χ0n) is 11.9. The van der Waals surface area contributed by atoms with E-state index < -0.39 is 0 Å². The van der Waals surface area contributed by atoms with E-state index in [9.17, 15) is 0 Å². The quantitative estimate of drug-likeness (QED) is 0.451. The lowest BCUT2D eigenvalue weighted by Gasteiger charge is -1.98. The van der Waals surface area contributed by atoms with Crippen molar-refractivity contribution in [2.45, 2.75) is 77.6 Å². The summed E-state index contributed by atoms with van der Waals surface area (Å²) >= 11 is 0. The van der Waals surface area contributed by atoms with Crippen molar-refractivity contribution in [2.75, 3.05) is 6.61 Å². The van der Waals surface area contributed by atoms with Gasteiger partial charge in [-0.05, 0) is 31.1 Å². The highest BCUT2D eigenvalue weighted by Gasteiger charge is 1.90. The first-order valence-electron chi connectivity index (χ1n) is 7.48. The second-order valence-electron chi connectivity index (χ2n) is 4.66. The monoisotopic (exact) mass is 248 g/mol. The van der Waals surface area contributed by atoms with Gasteiger partial charge in [-0.2, -0.15) is 0 Å². The van der Waals surface area contributed by atoms with E-state index in [4.69, 9.17) is 5.11 Å². The van der Waals surface area contributed by atoms with Crippen LogP contribution in [0.15, 0.2) is 0 Å². The van der Waals surface area contributed by atoms with Gasteiger partial charge < -0.3 is 5.11 Å². The van der Waals surface area contributed by atoms with E-state index >= 15 is 0 Å². The van der Waals surface area contributed by atoms with Crippen LogP contribution in [-0.2, 0) is 0 Å². The topological polar surface area (TPSA) is 20.2 Å². The molecule has 18 heavy (non-hydrogen) atoms. The molecular weight excluding hydrogens is 220 g/mol. The molecule has 0 aliphatic heterocycles. The Bertz CT molecular complexity index is 271. The Morgan fingerprint density at radius 3 is 1.72 bits per heavy atom. The summed E-state index contributed by atoms with van der Waals surface area (Å²) in [6, 6.07) is 0. The number of unbranched alkanes of at least 4 members (excludes halogenated alkanes) is 9. The molecule has 0 radical (unpaired) electrons. The molecule has 0 amide bonds. The fourth-order valence-corrected chi connectivity index (χ4v) is 1.69. The first kappa shape index (κ1) is 17.1. The maximum Gasteiger partial charge on any atom is 0.0431 e. The van der Waals surface area contributed by atoms with Gasteiger partial charge in [-0.3, -0.25) is 0 Å². The van der Waals surface area contributed by atoms with Crippen LogP contribution in [0.2, 0.25) is 0 Å². The fourth-order valence-electron chi connectivity index (χ4n) is 1.69. The molecule has 0 fully saturated rings. The molecule has 0 atom stereocenters. The SMILES string of the molecule is CCCCC#CC#CCCCCCCCCCO. The van der Waals surface area contributed by atoms with Crippen molar-refractivity contribution < 1.29 is 5.11 Å². The first-order valence-corrected chi connectivity index (χ1v) is 7.48. The molecule has 0 heterocycles. The molecule has 0 unspecified atom stereocenters. The second kappa shape index (κ2) is 16.1. The number of aliphatic hydroxyl groups is 1. The van der Waals surface area contributed by atoms with Crippen LogP contribution < -0.4 is 0 Å². The first-order chi connectivity index (χ1) is 8.91. The Morgan fingerprint density at radius 2 is 1.17 bits per heavy atom. The maximum atomic E-state index is 8.63. The molecule has 0 bridgehead atoms. The Hall–Kier alpha value is -0.920. The molecule has 1 nitrogen and oxygen atoms in total. The van der Waals surface area contributed by atoms with Crippen LogP contribution in [0.5, 0.6) is 0 Å². The Balaban J connectivity index is 3.19. The highest BCUT2D eigenvalue weighted by Crippen LogP contribution is 2.07. The molecule has 0 aliphatic rings. The fraction of sp³-hybridized carbons (Fsp3) is 0.765. The number of hydrogen-bond acceptors (Lipinski definition) is 1. The van der Waals surface area contributed by atoms with Crippen molar-refractivity contribution in [2.24, 2.45) is 0 Å². The smallest absolute Gasteiger partial charge is 0.0431 e. The lowest BCUT2D eigenvalue weighted by molar-refractivity contribution is 0.282. The zero-order valence-corrected chi connectivity index (χ0v) is 11.9. The average molecular weight is 248 g/mol. The van der Waals surface area contributed by atoms with Gasteiger partial charge in [0, 0.05) is 19.4 Å². The molecule has 0 rings (SSSR count). The van der Waals surface area contributed by atoms with Crippen LogP contribution in [0.25, 0.3) is 0 Å². The lowest BCUT2D eigenvalue weighted by Crippen LogP contribution is -1.83. The molecule has 102 valence electrons. The van der Waals surface area contributed by atoms with Gasteiger partial charge >= 0.3 is 0 Å². The molecule has 0 spiro atoms. The summed E-state index contributed by atoms with van der Waals surface area (Å²) in [6.07, 6.45) is 12.8. The van der Waals surface area contributed by atoms with Gasteiger partial charge in [-0.15, -0.1) is 0 Å². The average Bonchev–Trinajstić information content (AvgIpc) is 2.39. The minimum absolute atomic E-state index is 0.342. The number of hydrogen-bond donors (Lipinski definition) is 1. The third-order valence-corrected chi connectivity index (χ3v) is 2.85. The Labute approximate surface area is 113 Å². The summed E-state index contributed by atoms with van der Waals surface area (Å²) in [6.45, 7) is 2.52. The van der Waals surface area contributed by atoms with E-state index in [-0.39, 0.29) is 0 Å². The highest BCUT2D eigenvalue weighted by molar-refractivity contribution is 5.25. The largest absolute Gasteiger partial charge is 0.396 e. The van der Waals surface area contributed by atoms with E-state index in [0.717, 1.165) is 19.3 Å². The second-order valence-corrected chi connectivity index (χ2v) is 4.66. The van der Waals surface area contributed by atoms with Gasteiger partial charge in [-0.25, -0.2) is 0 Å². The van der Waals surface area contributed by atoms with E-state index in [1.165, 1.54) is 51.4 Å². The molecule has 1 heteroatoms. The maximum absolute atomic E-state index is 8.63. The molecule has 0 saturated heterocycles. The van der Waals surface area contributed by atoms with Crippen LogP contribution in [0.4, 0.5) is 0 Å². The van der Waals surface area contributed by atoms with Crippen molar-refractivity contribution in [1.29, 1.82) is 0 Å². The molecule has 0 aromatic rings. The third kappa shape index (κ3) is 15.1. The summed E-state index contributed by atoms with van der Waals surface area (Å²) in [5.41, 5.74) is 0. The van der Waals surface area contributed by atoms with Crippen LogP contribution in [0.3, 0.4) is 0 Å². The molecular formula is C17H28O. The van der Waals surface area contributed by atoms with Crippen LogP contribution >= 0.6 is 0 Å². The number of rotatable bonds is 10. The summed E-state index contributed by atoms with van der Waals surface area (Å²) < 4.78 is 0. The van der Waals surface area contributed by atoms with Crippen LogP contribution in [0.1, 0.15) is 77.6 Å². The number of aliphatic hydroxyl groups excluding tert-OH is 1. The minimum Gasteiger partial charge on any atom is -0.396 e. The Morgan fingerprint density at radius 1 is 0.667 bits per heavy atom. The van der Waals surface area contributed by atoms with Crippen LogP contribution in [0, 0.1) is 23.7 Å². The third-order valence-electron chi connectivity index (χ3n) is 2.85. The zero-order chi connectivity index (χ0) is 13.3. The predicted octanol–water partition coefficient (Wildman–Crippen LogP) is 4.30. The summed E-state index contributed by atoms with van der Waals surface area (Å²) in [5.74, 6) is 12.0. The van der Waals surface area contributed by atoms with Gasteiger partial charge in [0.25, 0.3) is 0 Å². The van der Waals surface area contributed by atoms with Crippen LogP contribution in [-0.4, -0.2) is 11.7 Å². The van der Waals surface area contributed by atoms with Crippen molar-refractivity contribution in [3.63, 3.8) is 0 Å². The lowest BCUT2D eigenvalue weighted by atomic mass is 10.1. The van der Waals surface area contributed by atoms with E-state index in [2.05, 4.69) is 30.6 Å². The van der Waals surface area contributed by atoms with E-state index in [1.807, 2.05) is 0 Å². The highest BCUT2D eigenvalue weighted by atomic mass is 16.2. The summed E-state index contributed by atoms with van der Waals surface area (Å²) in [5, 5.41) is 8.63. The molecule has 0 saturated carbocycles. The predicted molar refractivity (Wildman–Crippen MR) is 79.1 cm³/mol. The van der Waals surface area contributed by atoms with Crippen molar-refractivity contribution >= 4 is 0 Å². The normalized spacial score (nSPS) is 9.22. The van der Waals surface area contributed by atoms with Gasteiger partial charge in [-0.1, -0.05) is 57.3 Å². The van der Waals surface area contributed by atoms with Crippen molar-refractivity contribution in [3.8, 4) is 23.7 Å². The minimum atomic E-state index is 0.342. The standard InChI is InChI=1S/C17H28O/c1-2-3-4-5-6-7-8-9-10-11-12-13-14-15-16-17-18/h18H,2-4,9-17H2,1H3. The summed E-state index contributed by atoms with van der Waals surface area (Å²) in [7, 11) is 0. The van der Waals surface area contributed by atoms with Gasteiger partial charge in [0.15, 0.2) is 0 Å². The molecule has 0 aromatic heterocycles. The van der Waals surface area contributed by atoms with E-state index in [1.54, 1.807) is 0 Å². The molecule has 1 N–H and O–H groups in total. The molecule has 0 aliphatic carbocycles.